The number of rotatable bonds is 5. The summed E-state index contributed by atoms with van der Waals surface area (Å²) in [6.45, 7) is 0.554. The van der Waals surface area contributed by atoms with Crippen LogP contribution in [-0.2, 0) is 16.1 Å². The van der Waals surface area contributed by atoms with Gasteiger partial charge in [0.25, 0.3) is 11.8 Å². The number of methoxy groups -OCH3 is 1. The SMILES string of the molecule is C.COC(=O)c1cccc(C(=O)Nc2c[nH]c3c(C(=O)[O-])ncnc23)c1.Cl.NCc1ccc2c(c1)NC(=O)CO2.[K+]. The number of carboxylic acid groups (broad SMARTS) is 1. The number of hydrogen-bond donors (Lipinski definition) is 4. The van der Waals surface area contributed by atoms with Gasteiger partial charge < -0.3 is 40.7 Å². The summed E-state index contributed by atoms with van der Waals surface area (Å²) < 4.78 is 9.80. The van der Waals surface area contributed by atoms with Crippen molar-refractivity contribution < 1.29 is 85.1 Å². The second-order valence-electron chi connectivity index (χ2n) is 7.83. The maximum absolute atomic E-state index is 12.4. The van der Waals surface area contributed by atoms with Crippen molar-refractivity contribution in [1.29, 1.82) is 0 Å². The minimum atomic E-state index is -1.46. The van der Waals surface area contributed by atoms with Gasteiger partial charge in [0.1, 0.15) is 23.3 Å². The third-order valence-corrected chi connectivity index (χ3v) is 5.36. The smallest absolute Gasteiger partial charge is 0.543 e. The molecular formula is C26H26ClKN6O7. The molecule has 13 nitrogen and oxygen atoms in total. The van der Waals surface area contributed by atoms with Crippen molar-refractivity contribution in [1.82, 2.24) is 15.0 Å². The van der Waals surface area contributed by atoms with E-state index in [0.29, 0.717) is 18.0 Å². The molecule has 41 heavy (non-hydrogen) atoms. The van der Waals surface area contributed by atoms with E-state index in [1.165, 1.54) is 31.5 Å². The fourth-order valence-corrected chi connectivity index (χ4v) is 3.55. The van der Waals surface area contributed by atoms with Crippen molar-refractivity contribution in [2.45, 2.75) is 14.0 Å². The van der Waals surface area contributed by atoms with Crippen LogP contribution in [0.4, 0.5) is 11.4 Å². The molecule has 2 amide bonds. The number of ether oxygens (including phenoxy) is 2. The minimum Gasteiger partial charge on any atom is -0.543 e. The monoisotopic (exact) mass is 608 g/mol. The van der Waals surface area contributed by atoms with Crippen molar-refractivity contribution in [2.24, 2.45) is 5.73 Å². The van der Waals surface area contributed by atoms with E-state index in [1.54, 1.807) is 6.07 Å². The number of halogens is 1. The summed E-state index contributed by atoms with van der Waals surface area (Å²) >= 11 is 0. The molecule has 1 aliphatic rings. The van der Waals surface area contributed by atoms with Crippen molar-refractivity contribution in [3.8, 4) is 5.75 Å². The maximum Gasteiger partial charge on any atom is 1.00 e. The van der Waals surface area contributed by atoms with Crippen LogP contribution < -0.4 is 77.6 Å². The number of aromatic carboxylic acids is 1. The van der Waals surface area contributed by atoms with Crippen LogP contribution in [0.1, 0.15) is 44.2 Å². The zero-order valence-corrected chi connectivity index (χ0v) is 25.3. The number of nitrogens with zero attached hydrogens (tertiary/aromatic N) is 2. The Balaban J connectivity index is 0.000000448. The summed E-state index contributed by atoms with van der Waals surface area (Å²) in [6, 6.07) is 11.5. The number of anilines is 2. The molecule has 210 valence electrons. The Morgan fingerprint density at radius 2 is 1.88 bits per heavy atom. The van der Waals surface area contributed by atoms with Crippen LogP contribution in [0.2, 0.25) is 0 Å². The first-order valence-corrected chi connectivity index (χ1v) is 11.1. The number of aromatic amines is 1. The second-order valence-corrected chi connectivity index (χ2v) is 7.83. The number of benzene rings is 2. The molecule has 0 aliphatic carbocycles. The van der Waals surface area contributed by atoms with E-state index in [-0.39, 0.29) is 117 Å². The Hall–Kier alpha value is -3.37. The maximum atomic E-state index is 12.4. The van der Waals surface area contributed by atoms with Gasteiger partial charge in [0.05, 0.1) is 35.5 Å². The van der Waals surface area contributed by atoms with E-state index in [2.05, 4.69) is 30.3 Å². The molecule has 0 radical (unpaired) electrons. The molecule has 1 aliphatic heterocycles. The summed E-state index contributed by atoms with van der Waals surface area (Å²) in [5.74, 6) is -1.94. The predicted octanol–water partition coefficient (Wildman–Crippen LogP) is -1.10. The number of amides is 2. The van der Waals surface area contributed by atoms with Crippen molar-refractivity contribution in [2.75, 3.05) is 24.4 Å². The summed E-state index contributed by atoms with van der Waals surface area (Å²) in [4.78, 5) is 56.2. The number of carbonyl (C=O) groups excluding carboxylic acids is 4. The summed E-state index contributed by atoms with van der Waals surface area (Å²) in [5.41, 5.74) is 7.94. The topological polar surface area (TPSA) is 201 Å². The Bertz CT molecular complexity index is 1560. The fraction of sp³-hybridized carbons (Fsp3) is 0.154. The third-order valence-electron chi connectivity index (χ3n) is 5.36. The first kappa shape index (κ1) is 35.7. The van der Waals surface area contributed by atoms with Gasteiger partial charge in [-0.1, -0.05) is 19.6 Å². The zero-order valence-electron chi connectivity index (χ0n) is 21.3. The Kier molecular flexibility index (Phi) is 14.1. The molecule has 0 fully saturated rings. The van der Waals surface area contributed by atoms with E-state index in [1.807, 2.05) is 18.2 Å². The molecule has 0 bridgehead atoms. The van der Waals surface area contributed by atoms with Gasteiger partial charge in [0, 0.05) is 18.3 Å². The normalized spacial score (nSPS) is 10.9. The molecule has 2 aromatic heterocycles. The molecule has 0 unspecified atom stereocenters. The number of nitrogens with one attached hydrogen (secondary N) is 3. The fourth-order valence-electron chi connectivity index (χ4n) is 3.55. The van der Waals surface area contributed by atoms with E-state index >= 15 is 0 Å². The zero-order chi connectivity index (χ0) is 27.2. The van der Waals surface area contributed by atoms with Gasteiger partial charge in [0.15, 0.2) is 6.61 Å². The summed E-state index contributed by atoms with van der Waals surface area (Å²) in [6.07, 6.45) is 2.46. The molecule has 4 aromatic rings. The predicted molar refractivity (Wildman–Crippen MR) is 146 cm³/mol. The number of hydrogen-bond acceptors (Lipinski definition) is 10. The minimum absolute atomic E-state index is 0. The van der Waals surface area contributed by atoms with Crippen LogP contribution in [-0.4, -0.2) is 52.4 Å². The quantitative estimate of drug-likeness (QED) is 0.159. The molecule has 2 aromatic carbocycles. The average molecular weight is 609 g/mol. The number of esters is 1. The molecule has 3 heterocycles. The van der Waals surface area contributed by atoms with Gasteiger partial charge >= 0.3 is 57.4 Å². The first-order chi connectivity index (χ1) is 18.3. The number of H-pyrrole nitrogens is 1. The van der Waals surface area contributed by atoms with E-state index in [0.717, 1.165) is 11.9 Å². The number of carboxylic acids is 1. The van der Waals surface area contributed by atoms with Crippen molar-refractivity contribution in [3.63, 3.8) is 0 Å². The Morgan fingerprint density at radius 1 is 1.15 bits per heavy atom. The number of nitrogens with two attached hydrogens (primary N) is 1. The molecule has 15 heteroatoms. The van der Waals surface area contributed by atoms with Crippen molar-refractivity contribution in [3.05, 3.63) is 77.4 Å². The van der Waals surface area contributed by atoms with Gasteiger partial charge in [-0.25, -0.2) is 14.8 Å². The largest absolute Gasteiger partial charge is 1.00 e. The summed E-state index contributed by atoms with van der Waals surface area (Å²) in [5, 5.41) is 16.4. The molecule has 0 saturated carbocycles. The first-order valence-electron chi connectivity index (χ1n) is 11.1. The standard InChI is InChI=1S/C16H12N4O5.C9H10N2O2.CH4.ClH.K/c1-25-16(24)9-4-2-3-8(5-9)14(21)20-10-6-17-12-11(10)18-7-19-13(12)15(22)23;10-4-6-1-2-8-7(3-6)11-9(12)5-13-8;;;/h2-7,17H,1H3,(H,20,21)(H,22,23);1-3H,4-5,10H2,(H,11,12);1H4;1H;/q;;;;+1/p-1. The van der Waals surface area contributed by atoms with E-state index < -0.39 is 17.8 Å². The van der Waals surface area contributed by atoms with Crippen LogP contribution in [0.25, 0.3) is 11.0 Å². The third kappa shape index (κ3) is 8.56. The van der Waals surface area contributed by atoms with Gasteiger partial charge in [-0.05, 0) is 35.9 Å². The molecule has 5 N–H and O–H groups in total. The van der Waals surface area contributed by atoms with Crippen LogP contribution in [0.3, 0.4) is 0 Å². The van der Waals surface area contributed by atoms with Gasteiger partial charge in [-0.15, -0.1) is 12.4 Å². The van der Waals surface area contributed by atoms with Crippen LogP contribution in [0.5, 0.6) is 5.75 Å². The number of carbonyl (C=O) groups is 4. The Labute approximate surface area is 283 Å². The van der Waals surface area contributed by atoms with Gasteiger partial charge in [0.2, 0.25) is 0 Å². The van der Waals surface area contributed by atoms with Crippen LogP contribution in [0, 0.1) is 0 Å². The van der Waals surface area contributed by atoms with Crippen LogP contribution in [0.15, 0.2) is 55.0 Å². The molecule has 0 saturated heterocycles. The molecule has 0 atom stereocenters. The molecule has 5 rings (SSSR count). The average Bonchev–Trinajstić information content (AvgIpc) is 3.35. The summed E-state index contributed by atoms with van der Waals surface area (Å²) in [7, 11) is 1.25. The van der Waals surface area contributed by atoms with Crippen LogP contribution >= 0.6 is 12.4 Å². The molecular weight excluding hydrogens is 583 g/mol. The Morgan fingerprint density at radius 3 is 2.56 bits per heavy atom. The van der Waals surface area contributed by atoms with E-state index in [9.17, 15) is 24.3 Å². The van der Waals surface area contributed by atoms with Crippen molar-refractivity contribution >= 4 is 58.6 Å². The van der Waals surface area contributed by atoms with Gasteiger partial charge in [-0.3, -0.25) is 9.59 Å². The number of fused-ring (bicyclic) bond motifs is 2. The van der Waals surface area contributed by atoms with E-state index in [4.69, 9.17) is 10.5 Å². The number of aromatic nitrogens is 3. The van der Waals surface area contributed by atoms with Gasteiger partial charge in [-0.2, -0.15) is 0 Å². The second kappa shape index (κ2) is 16.2. The molecule has 0 spiro atoms.